The van der Waals surface area contributed by atoms with Crippen molar-refractivity contribution >= 4 is 29.1 Å². The third-order valence-electron chi connectivity index (χ3n) is 4.96. The molecule has 1 N–H and O–H groups in total. The van der Waals surface area contributed by atoms with Gasteiger partial charge in [0.25, 0.3) is 5.91 Å². The van der Waals surface area contributed by atoms with E-state index < -0.39 is 6.04 Å². The molecule has 3 aromatic rings. The SMILES string of the molecule is O=C(Nc1ccccc1Cl)[C@@H]1Cc2ccccc2CN1C(=O)c1ccccc1. The van der Waals surface area contributed by atoms with Crippen molar-refractivity contribution in [2.75, 3.05) is 5.32 Å². The Morgan fingerprint density at radius 2 is 1.50 bits per heavy atom. The van der Waals surface area contributed by atoms with Crippen LogP contribution in [-0.2, 0) is 17.8 Å². The minimum absolute atomic E-state index is 0.158. The number of benzene rings is 3. The van der Waals surface area contributed by atoms with Crippen LogP contribution in [0, 0.1) is 0 Å². The van der Waals surface area contributed by atoms with Gasteiger partial charge in [-0.1, -0.05) is 66.2 Å². The number of carbonyl (C=O) groups excluding carboxylic acids is 2. The maximum absolute atomic E-state index is 13.2. The molecule has 4 nitrogen and oxygen atoms in total. The zero-order chi connectivity index (χ0) is 19.5. The van der Waals surface area contributed by atoms with E-state index in [-0.39, 0.29) is 11.8 Å². The monoisotopic (exact) mass is 390 g/mol. The van der Waals surface area contributed by atoms with E-state index in [9.17, 15) is 9.59 Å². The number of para-hydroxylation sites is 1. The zero-order valence-corrected chi connectivity index (χ0v) is 15.9. The molecular weight excluding hydrogens is 372 g/mol. The summed E-state index contributed by atoms with van der Waals surface area (Å²) < 4.78 is 0. The van der Waals surface area contributed by atoms with Crippen molar-refractivity contribution in [3.63, 3.8) is 0 Å². The van der Waals surface area contributed by atoms with E-state index in [0.29, 0.717) is 29.2 Å². The van der Waals surface area contributed by atoms with Crippen molar-refractivity contribution in [3.8, 4) is 0 Å². The smallest absolute Gasteiger partial charge is 0.254 e. The summed E-state index contributed by atoms with van der Waals surface area (Å²) in [5, 5.41) is 3.35. The Bertz CT molecular complexity index is 1020. The summed E-state index contributed by atoms with van der Waals surface area (Å²) in [4.78, 5) is 27.9. The minimum atomic E-state index is -0.612. The highest BCUT2D eigenvalue weighted by atomic mass is 35.5. The van der Waals surface area contributed by atoms with Crippen molar-refractivity contribution in [3.05, 3.63) is 101 Å². The Hall–Kier alpha value is -3.11. The van der Waals surface area contributed by atoms with Crippen LogP contribution >= 0.6 is 11.6 Å². The number of nitrogens with one attached hydrogen (secondary N) is 1. The maximum atomic E-state index is 13.2. The van der Waals surface area contributed by atoms with E-state index in [1.165, 1.54) is 0 Å². The second kappa shape index (κ2) is 7.87. The molecule has 0 spiro atoms. The maximum Gasteiger partial charge on any atom is 0.254 e. The van der Waals surface area contributed by atoms with E-state index in [4.69, 9.17) is 11.6 Å². The third kappa shape index (κ3) is 3.64. The molecule has 0 unspecified atom stereocenters. The highest BCUT2D eigenvalue weighted by Gasteiger charge is 2.35. The molecule has 0 saturated heterocycles. The predicted molar refractivity (Wildman–Crippen MR) is 110 cm³/mol. The van der Waals surface area contributed by atoms with E-state index >= 15 is 0 Å². The fourth-order valence-electron chi connectivity index (χ4n) is 3.50. The van der Waals surface area contributed by atoms with Crippen molar-refractivity contribution < 1.29 is 9.59 Å². The van der Waals surface area contributed by atoms with Crippen LogP contribution < -0.4 is 5.32 Å². The summed E-state index contributed by atoms with van der Waals surface area (Å²) in [5.41, 5.74) is 3.25. The Labute approximate surface area is 168 Å². The van der Waals surface area contributed by atoms with Gasteiger partial charge in [-0.25, -0.2) is 0 Å². The molecule has 2 amide bonds. The topological polar surface area (TPSA) is 49.4 Å². The fraction of sp³-hybridized carbons (Fsp3) is 0.130. The number of hydrogen-bond acceptors (Lipinski definition) is 2. The molecule has 0 radical (unpaired) electrons. The van der Waals surface area contributed by atoms with Crippen LogP contribution in [0.15, 0.2) is 78.9 Å². The van der Waals surface area contributed by atoms with Crippen LogP contribution in [0.4, 0.5) is 5.69 Å². The number of amides is 2. The quantitative estimate of drug-likeness (QED) is 0.713. The lowest BCUT2D eigenvalue weighted by atomic mass is 9.92. The number of anilines is 1. The number of halogens is 1. The first-order valence-corrected chi connectivity index (χ1v) is 9.49. The van der Waals surface area contributed by atoms with Gasteiger partial charge in [0.15, 0.2) is 0 Å². The molecule has 0 fully saturated rings. The molecule has 5 heteroatoms. The van der Waals surface area contributed by atoms with Crippen LogP contribution in [0.5, 0.6) is 0 Å². The summed E-state index contributed by atoms with van der Waals surface area (Å²) in [6.45, 7) is 0.393. The summed E-state index contributed by atoms with van der Waals surface area (Å²) >= 11 is 6.19. The number of nitrogens with zero attached hydrogens (tertiary/aromatic N) is 1. The zero-order valence-electron chi connectivity index (χ0n) is 15.1. The normalized spacial score (nSPS) is 15.6. The molecule has 1 atom stereocenters. The largest absolute Gasteiger partial charge is 0.323 e. The Morgan fingerprint density at radius 1 is 0.857 bits per heavy atom. The second-order valence-electron chi connectivity index (χ2n) is 6.76. The van der Waals surface area contributed by atoms with Gasteiger partial charge >= 0.3 is 0 Å². The number of rotatable bonds is 3. The van der Waals surface area contributed by atoms with Crippen LogP contribution in [0.2, 0.25) is 5.02 Å². The lowest BCUT2D eigenvalue weighted by Crippen LogP contribution is -2.50. The standard InChI is InChI=1S/C23H19ClN2O2/c24-19-12-6-7-13-20(19)25-22(27)21-14-17-10-4-5-11-18(17)15-26(21)23(28)16-8-2-1-3-9-16/h1-13,21H,14-15H2,(H,25,27)/t21-/m0/s1. The van der Waals surface area contributed by atoms with Crippen molar-refractivity contribution in [1.29, 1.82) is 0 Å². The summed E-state index contributed by atoms with van der Waals surface area (Å²) in [6.07, 6.45) is 0.463. The van der Waals surface area contributed by atoms with Gasteiger partial charge in [-0.05, 0) is 35.4 Å². The van der Waals surface area contributed by atoms with Crippen molar-refractivity contribution in [1.82, 2.24) is 4.90 Å². The lowest BCUT2D eigenvalue weighted by molar-refractivity contribution is -0.121. The van der Waals surface area contributed by atoms with Crippen molar-refractivity contribution in [2.24, 2.45) is 0 Å². The molecule has 140 valence electrons. The Balaban J connectivity index is 1.66. The van der Waals surface area contributed by atoms with Crippen LogP contribution in [0.1, 0.15) is 21.5 Å². The molecule has 1 aliphatic rings. The summed E-state index contributed by atoms with van der Waals surface area (Å²) in [7, 11) is 0. The van der Waals surface area contributed by atoms with Crippen molar-refractivity contribution in [2.45, 2.75) is 19.0 Å². The third-order valence-corrected chi connectivity index (χ3v) is 5.29. The van der Waals surface area contributed by atoms with Gasteiger partial charge in [0.05, 0.1) is 10.7 Å². The first kappa shape index (κ1) is 18.3. The van der Waals surface area contributed by atoms with Gasteiger partial charge < -0.3 is 10.2 Å². The van der Waals surface area contributed by atoms with E-state index in [1.54, 1.807) is 35.2 Å². The average molecular weight is 391 g/mol. The van der Waals surface area contributed by atoms with Gasteiger partial charge in [0.1, 0.15) is 6.04 Å². The first-order chi connectivity index (χ1) is 13.6. The molecule has 1 heterocycles. The predicted octanol–water partition coefficient (Wildman–Crippen LogP) is 4.55. The van der Waals surface area contributed by atoms with Crippen LogP contribution in [0.25, 0.3) is 0 Å². The van der Waals surface area contributed by atoms with E-state index in [0.717, 1.165) is 11.1 Å². The van der Waals surface area contributed by atoms with Gasteiger partial charge in [-0.15, -0.1) is 0 Å². The highest BCUT2D eigenvalue weighted by Crippen LogP contribution is 2.27. The first-order valence-electron chi connectivity index (χ1n) is 9.11. The van der Waals surface area contributed by atoms with Gasteiger partial charge in [-0.3, -0.25) is 9.59 Å². The number of carbonyl (C=O) groups is 2. The van der Waals surface area contributed by atoms with E-state index in [1.807, 2.05) is 48.5 Å². The van der Waals surface area contributed by atoms with E-state index in [2.05, 4.69) is 5.32 Å². The Kier molecular flexibility index (Phi) is 5.13. The second-order valence-corrected chi connectivity index (χ2v) is 7.16. The molecule has 3 aromatic carbocycles. The fourth-order valence-corrected chi connectivity index (χ4v) is 3.68. The van der Waals surface area contributed by atoms with Gasteiger partial charge in [0.2, 0.25) is 5.91 Å². The average Bonchev–Trinajstić information content (AvgIpc) is 2.74. The lowest BCUT2D eigenvalue weighted by Gasteiger charge is -2.36. The molecule has 4 rings (SSSR count). The van der Waals surface area contributed by atoms with Gasteiger partial charge in [-0.2, -0.15) is 0 Å². The molecule has 0 aromatic heterocycles. The molecule has 28 heavy (non-hydrogen) atoms. The minimum Gasteiger partial charge on any atom is -0.323 e. The van der Waals surface area contributed by atoms with Crippen LogP contribution in [-0.4, -0.2) is 22.8 Å². The van der Waals surface area contributed by atoms with Crippen LogP contribution in [0.3, 0.4) is 0 Å². The molecule has 1 aliphatic heterocycles. The highest BCUT2D eigenvalue weighted by molar-refractivity contribution is 6.33. The Morgan fingerprint density at radius 3 is 2.25 bits per heavy atom. The van der Waals surface area contributed by atoms with Gasteiger partial charge in [0, 0.05) is 18.5 Å². The molecule has 0 aliphatic carbocycles. The summed E-state index contributed by atoms with van der Waals surface area (Å²) in [5.74, 6) is -0.402. The number of hydrogen-bond donors (Lipinski definition) is 1. The molecule has 0 saturated carbocycles. The number of fused-ring (bicyclic) bond motifs is 1. The molecular formula is C23H19ClN2O2. The molecule has 0 bridgehead atoms. The summed E-state index contributed by atoms with van der Waals surface area (Å²) in [6, 6.07) is 23.4.